The molecule has 0 amide bonds. The van der Waals surface area contributed by atoms with Crippen LogP contribution in [0.3, 0.4) is 0 Å². The SMILES string of the molecule is CCOc1ccc(NC(=S)NC[C@H](c2ccccc2)[NH+](CC)CC)cc1. The minimum Gasteiger partial charge on any atom is -0.494 e. The Hall–Kier alpha value is -2.11. The highest BCUT2D eigenvalue weighted by Gasteiger charge is 2.21. The number of hydrogen-bond donors (Lipinski definition) is 3. The number of hydrogen-bond acceptors (Lipinski definition) is 2. The molecule has 3 N–H and O–H groups in total. The van der Waals surface area contributed by atoms with E-state index in [9.17, 15) is 0 Å². The summed E-state index contributed by atoms with van der Waals surface area (Å²) in [6.07, 6.45) is 0. The number of rotatable bonds is 9. The average Bonchev–Trinajstić information content (AvgIpc) is 2.67. The highest BCUT2D eigenvalue weighted by Crippen LogP contribution is 2.15. The Morgan fingerprint density at radius 2 is 1.65 bits per heavy atom. The molecule has 0 radical (unpaired) electrons. The molecule has 5 heteroatoms. The normalized spacial score (nSPS) is 11.8. The van der Waals surface area contributed by atoms with E-state index in [0.717, 1.165) is 31.1 Å². The van der Waals surface area contributed by atoms with Crippen LogP contribution in [-0.2, 0) is 0 Å². The first-order valence-electron chi connectivity index (χ1n) is 9.35. The van der Waals surface area contributed by atoms with Crippen LogP contribution in [0.2, 0.25) is 0 Å². The van der Waals surface area contributed by atoms with Gasteiger partial charge in [0.05, 0.1) is 26.2 Å². The van der Waals surface area contributed by atoms with E-state index in [1.54, 1.807) is 0 Å². The van der Waals surface area contributed by atoms with Gasteiger partial charge < -0.3 is 20.3 Å². The highest BCUT2D eigenvalue weighted by atomic mass is 32.1. The van der Waals surface area contributed by atoms with E-state index in [1.165, 1.54) is 10.5 Å². The number of likely N-dealkylation sites (N-methyl/N-ethyl adjacent to an activating group) is 1. The quantitative estimate of drug-likeness (QED) is 0.592. The van der Waals surface area contributed by atoms with Gasteiger partial charge in [0.15, 0.2) is 5.11 Å². The van der Waals surface area contributed by atoms with Crippen molar-refractivity contribution in [3.63, 3.8) is 0 Å². The molecule has 0 fully saturated rings. The fraction of sp³-hybridized carbons (Fsp3) is 0.381. The van der Waals surface area contributed by atoms with Crippen LogP contribution in [0.5, 0.6) is 5.75 Å². The number of benzene rings is 2. The van der Waals surface area contributed by atoms with Gasteiger partial charge in [0, 0.05) is 11.3 Å². The number of nitrogens with one attached hydrogen (secondary N) is 3. The van der Waals surface area contributed by atoms with Crippen LogP contribution in [0.4, 0.5) is 5.69 Å². The van der Waals surface area contributed by atoms with Crippen molar-refractivity contribution in [2.45, 2.75) is 26.8 Å². The molecule has 2 aromatic rings. The predicted molar refractivity (Wildman–Crippen MR) is 113 cm³/mol. The lowest BCUT2D eigenvalue weighted by molar-refractivity contribution is -0.927. The minimum atomic E-state index is 0.367. The molecule has 0 bridgehead atoms. The summed E-state index contributed by atoms with van der Waals surface area (Å²) in [5, 5.41) is 7.28. The molecule has 0 unspecified atom stereocenters. The van der Waals surface area contributed by atoms with Crippen LogP contribution in [0.15, 0.2) is 54.6 Å². The van der Waals surface area contributed by atoms with E-state index in [4.69, 9.17) is 17.0 Å². The average molecular weight is 373 g/mol. The molecule has 0 aliphatic rings. The Kier molecular flexibility index (Phi) is 8.38. The Morgan fingerprint density at radius 1 is 1.00 bits per heavy atom. The molecule has 26 heavy (non-hydrogen) atoms. The van der Waals surface area contributed by atoms with Crippen molar-refractivity contribution in [2.75, 3.05) is 31.6 Å². The third kappa shape index (κ3) is 6.00. The number of anilines is 1. The lowest BCUT2D eigenvalue weighted by atomic mass is 10.1. The van der Waals surface area contributed by atoms with Gasteiger partial charge in [0.2, 0.25) is 0 Å². The smallest absolute Gasteiger partial charge is 0.171 e. The van der Waals surface area contributed by atoms with Gasteiger partial charge in [-0.05, 0) is 57.3 Å². The lowest BCUT2D eigenvalue weighted by Crippen LogP contribution is -3.12. The zero-order valence-electron chi connectivity index (χ0n) is 15.9. The van der Waals surface area contributed by atoms with E-state index >= 15 is 0 Å². The summed E-state index contributed by atoms with van der Waals surface area (Å²) in [4.78, 5) is 1.53. The first kappa shape index (κ1) is 20.2. The van der Waals surface area contributed by atoms with E-state index in [2.05, 4.69) is 54.8 Å². The van der Waals surface area contributed by atoms with E-state index in [1.807, 2.05) is 31.2 Å². The van der Waals surface area contributed by atoms with Crippen LogP contribution in [-0.4, -0.2) is 31.4 Å². The van der Waals surface area contributed by atoms with E-state index in [0.29, 0.717) is 17.8 Å². The maximum absolute atomic E-state index is 5.48. The number of ether oxygens (including phenoxy) is 1. The molecule has 0 aliphatic carbocycles. The van der Waals surface area contributed by atoms with Crippen LogP contribution in [0.25, 0.3) is 0 Å². The van der Waals surface area contributed by atoms with E-state index < -0.39 is 0 Å². The van der Waals surface area contributed by atoms with Gasteiger partial charge in [0.1, 0.15) is 11.8 Å². The molecule has 0 spiro atoms. The fourth-order valence-electron chi connectivity index (χ4n) is 3.10. The molecule has 2 rings (SSSR count). The van der Waals surface area contributed by atoms with Crippen molar-refractivity contribution in [2.24, 2.45) is 0 Å². The van der Waals surface area contributed by atoms with Crippen molar-refractivity contribution >= 4 is 23.0 Å². The van der Waals surface area contributed by atoms with Crippen LogP contribution >= 0.6 is 12.2 Å². The summed E-state index contributed by atoms with van der Waals surface area (Å²) in [5.74, 6) is 0.867. The molecule has 4 nitrogen and oxygen atoms in total. The van der Waals surface area contributed by atoms with Gasteiger partial charge in [-0.25, -0.2) is 0 Å². The number of quaternary nitrogens is 1. The second kappa shape index (κ2) is 10.8. The van der Waals surface area contributed by atoms with Crippen LogP contribution in [0.1, 0.15) is 32.4 Å². The summed E-state index contributed by atoms with van der Waals surface area (Å²) < 4.78 is 5.47. The summed E-state index contributed by atoms with van der Waals surface area (Å²) in [5.41, 5.74) is 2.29. The van der Waals surface area contributed by atoms with Gasteiger partial charge in [-0.2, -0.15) is 0 Å². The maximum Gasteiger partial charge on any atom is 0.171 e. The molecular weight excluding hydrogens is 342 g/mol. The molecule has 0 saturated heterocycles. The first-order chi connectivity index (χ1) is 12.7. The highest BCUT2D eigenvalue weighted by molar-refractivity contribution is 7.80. The Balaban J connectivity index is 1.95. The molecule has 0 aliphatic heterocycles. The Bertz CT molecular complexity index is 657. The molecule has 1 atom stereocenters. The van der Waals surface area contributed by atoms with Gasteiger partial charge >= 0.3 is 0 Å². The van der Waals surface area contributed by atoms with Crippen molar-refractivity contribution in [3.05, 3.63) is 60.2 Å². The van der Waals surface area contributed by atoms with Gasteiger partial charge in [-0.1, -0.05) is 30.3 Å². The summed E-state index contributed by atoms with van der Waals surface area (Å²) >= 11 is 5.48. The second-order valence-corrected chi connectivity index (χ2v) is 6.53. The first-order valence-corrected chi connectivity index (χ1v) is 9.75. The topological polar surface area (TPSA) is 37.7 Å². The second-order valence-electron chi connectivity index (χ2n) is 6.12. The Morgan fingerprint density at radius 3 is 2.23 bits per heavy atom. The predicted octanol–water partition coefficient (Wildman–Crippen LogP) is 3.04. The van der Waals surface area contributed by atoms with Crippen molar-refractivity contribution < 1.29 is 9.64 Å². The molecule has 2 aromatic carbocycles. The minimum absolute atomic E-state index is 0.367. The fourth-order valence-corrected chi connectivity index (χ4v) is 3.30. The zero-order valence-corrected chi connectivity index (χ0v) is 16.7. The van der Waals surface area contributed by atoms with Gasteiger partial charge in [-0.3, -0.25) is 0 Å². The zero-order chi connectivity index (χ0) is 18.8. The Labute approximate surface area is 162 Å². The molecular formula is C21H30N3OS+. The van der Waals surface area contributed by atoms with Crippen molar-refractivity contribution in [1.82, 2.24) is 5.32 Å². The summed E-state index contributed by atoms with van der Waals surface area (Å²) in [6.45, 7) is 10.1. The van der Waals surface area contributed by atoms with Gasteiger partial charge in [0.25, 0.3) is 0 Å². The monoisotopic (exact) mass is 372 g/mol. The lowest BCUT2D eigenvalue weighted by Gasteiger charge is -2.27. The summed E-state index contributed by atoms with van der Waals surface area (Å²) in [6, 6.07) is 18.9. The van der Waals surface area contributed by atoms with Gasteiger partial charge in [-0.15, -0.1) is 0 Å². The third-order valence-electron chi connectivity index (χ3n) is 4.49. The van der Waals surface area contributed by atoms with Crippen molar-refractivity contribution in [3.8, 4) is 5.75 Å². The maximum atomic E-state index is 5.48. The summed E-state index contributed by atoms with van der Waals surface area (Å²) in [7, 11) is 0. The van der Waals surface area contributed by atoms with Crippen molar-refractivity contribution in [1.29, 1.82) is 0 Å². The molecule has 0 heterocycles. The largest absolute Gasteiger partial charge is 0.494 e. The van der Waals surface area contributed by atoms with Crippen LogP contribution in [0, 0.1) is 0 Å². The number of thiocarbonyl (C=S) groups is 1. The molecule has 140 valence electrons. The molecule has 0 aromatic heterocycles. The third-order valence-corrected chi connectivity index (χ3v) is 4.74. The van der Waals surface area contributed by atoms with E-state index in [-0.39, 0.29) is 0 Å². The standard InChI is InChI=1S/C21H29N3OS/c1-4-24(5-2)20(17-10-8-7-9-11-17)16-22-21(26)23-18-12-14-19(15-13-18)25-6-3/h7-15,20H,4-6,16H2,1-3H3,(H2,22,23,26)/p+1/t20-/m1/s1. The van der Waals surface area contributed by atoms with Crippen LogP contribution < -0.4 is 20.3 Å². The molecule has 0 saturated carbocycles.